The molecule has 96 valence electrons. The van der Waals surface area contributed by atoms with E-state index in [1.165, 1.54) is 37.8 Å². The van der Waals surface area contributed by atoms with Crippen LogP contribution in [0.3, 0.4) is 0 Å². The van der Waals surface area contributed by atoms with E-state index in [-0.39, 0.29) is 0 Å². The molecule has 2 rings (SSSR count). The molecule has 1 unspecified atom stereocenters. The fourth-order valence-corrected chi connectivity index (χ4v) is 2.82. The Bertz CT molecular complexity index is 402. The fraction of sp³-hybridized carbons (Fsp3) is 0.562. The summed E-state index contributed by atoms with van der Waals surface area (Å²) in [5.41, 5.74) is 2.49. The maximum atomic E-state index is 8.66. The van der Waals surface area contributed by atoms with Crippen LogP contribution in [0.15, 0.2) is 24.3 Å². The van der Waals surface area contributed by atoms with E-state index >= 15 is 0 Å². The van der Waals surface area contributed by atoms with Gasteiger partial charge in [0.15, 0.2) is 0 Å². The van der Waals surface area contributed by atoms with Crippen molar-refractivity contribution in [2.45, 2.75) is 51.6 Å². The fourth-order valence-electron chi connectivity index (χ4n) is 2.82. The minimum absolute atomic E-state index is 0.515. The summed E-state index contributed by atoms with van der Waals surface area (Å²) in [6.45, 7) is 4.59. The largest absolute Gasteiger partial charge is 0.296 e. The van der Waals surface area contributed by atoms with Crippen LogP contribution in [0, 0.1) is 11.3 Å². The number of hydrogen-bond donors (Lipinski definition) is 0. The van der Waals surface area contributed by atoms with Crippen molar-refractivity contribution < 1.29 is 0 Å². The molecule has 0 N–H and O–H groups in total. The summed E-state index contributed by atoms with van der Waals surface area (Å²) in [7, 11) is 0. The van der Waals surface area contributed by atoms with Gasteiger partial charge in [0.1, 0.15) is 0 Å². The Morgan fingerprint density at radius 3 is 2.61 bits per heavy atom. The Hall–Kier alpha value is -1.33. The Morgan fingerprint density at radius 1 is 1.22 bits per heavy atom. The van der Waals surface area contributed by atoms with Gasteiger partial charge in [-0.05, 0) is 36.9 Å². The summed E-state index contributed by atoms with van der Waals surface area (Å²) in [5, 5.41) is 8.66. The van der Waals surface area contributed by atoms with E-state index in [0.29, 0.717) is 6.42 Å². The van der Waals surface area contributed by atoms with E-state index in [4.69, 9.17) is 5.26 Å². The molecule has 1 aliphatic heterocycles. The zero-order chi connectivity index (χ0) is 12.8. The van der Waals surface area contributed by atoms with Crippen molar-refractivity contribution in [3.63, 3.8) is 0 Å². The van der Waals surface area contributed by atoms with Gasteiger partial charge in [-0.3, -0.25) is 4.90 Å². The van der Waals surface area contributed by atoms with Gasteiger partial charge in [-0.2, -0.15) is 5.26 Å². The predicted molar refractivity (Wildman–Crippen MR) is 74.1 cm³/mol. The second-order valence-corrected chi connectivity index (χ2v) is 5.18. The maximum absolute atomic E-state index is 8.66. The van der Waals surface area contributed by atoms with E-state index in [1.807, 2.05) is 0 Å². The number of nitriles is 1. The van der Waals surface area contributed by atoms with Gasteiger partial charge in [-0.15, -0.1) is 0 Å². The van der Waals surface area contributed by atoms with Crippen LogP contribution >= 0.6 is 0 Å². The zero-order valence-electron chi connectivity index (χ0n) is 11.2. The first-order valence-corrected chi connectivity index (χ1v) is 7.02. The van der Waals surface area contributed by atoms with E-state index in [2.05, 4.69) is 42.2 Å². The monoisotopic (exact) mass is 242 g/mol. The zero-order valence-corrected chi connectivity index (χ0v) is 11.2. The molecule has 1 aliphatic rings. The molecule has 2 heteroatoms. The molecular weight excluding hydrogens is 220 g/mol. The van der Waals surface area contributed by atoms with Gasteiger partial charge in [-0.1, -0.05) is 37.6 Å². The molecule has 0 bridgehead atoms. The van der Waals surface area contributed by atoms with Crippen molar-refractivity contribution in [1.82, 2.24) is 4.90 Å². The highest BCUT2D eigenvalue weighted by atomic mass is 15.2. The molecule has 0 saturated carbocycles. The van der Waals surface area contributed by atoms with Gasteiger partial charge in [0, 0.05) is 12.6 Å². The molecular formula is C16H22N2. The SMILES string of the molecule is CCC1CCCCN1Cc1ccc(CC#N)cc1. The van der Waals surface area contributed by atoms with Gasteiger partial charge >= 0.3 is 0 Å². The number of rotatable bonds is 4. The first kappa shape index (κ1) is 13.1. The van der Waals surface area contributed by atoms with E-state index < -0.39 is 0 Å². The third kappa shape index (κ3) is 3.34. The third-order valence-electron chi connectivity index (χ3n) is 3.91. The average molecular weight is 242 g/mol. The van der Waals surface area contributed by atoms with Crippen molar-refractivity contribution >= 4 is 0 Å². The minimum atomic E-state index is 0.515. The molecule has 0 amide bonds. The molecule has 0 aromatic heterocycles. The highest BCUT2D eigenvalue weighted by molar-refractivity contribution is 5.24. The van der Waals surface area contributed by atoms with Crippen LogP contribution in [0.1, 0.15) is 43.7 Å². The number of piperidine rings is 1. The van der Waals surface area contributed by atoms with Crippen LogP contribution in [0.2, 0.25) is 0 Å². The minimum Gasteiger partial charge on any atom is -0.296 e. The standard InChI is InChI=1S/C16H22N2/c1-2-16-5-3-4-12-18(16)13-15-8-6-14(7-9-15)10-11-17/h6-9,16H,2-5,10,12-13H2,1H3. The lowest BCUT2D eigenvalue weighted by Gasteiger charge is -2.35. The first-order valence-electron chi connectivity index (χ1n) is 7.02. The lowest BCUT2D eigenvalue weighted by atomic mass is 9.99. The van der Waals surface area contributed by atoms with Crippen LogP contribution < -0.4 is 0 Å². The highest BCUT2D eigenvalue weighted by Crippen LogP contribution is 2.21. The molecule has 0 radical (unpaired) electrons. The Morgan fingerprint density at radius 2 is 1.94 bits per heavy atom. The number of hydrogen-bond acceptors (Lipinski definition) is 2. The molecule has 18 heavy (non-hydrogen) atoms. The van der Waals surface area contributed by atoms with Gasteiger partial charge in [-0.25, -0.2) is 0 Å². The van der Waals surface area contributed by atoms with Crippen molar-refractivity contribution in [1.29, 1.82) is 5.26 Å². The second kappa shape index (κ2) is 6.56. The van der Waals surface area contributed by atoms with Crippen LogP contribution in [0.25, 0.3) is 0 Å². The smallest absolute Gasteiger partial charge is 0.0669 e. The highest BCUT2D eigenvalue weighted by Gasteiger charge is 2.20. The quantitative estimate of drug-likeness (QED) is 0.807. The topological polar surface area (TPSA) is 27.0 Å². The summed E-state index contributed by atoms with van der Waals surface area (Å²) in [6, 6.07) is 11.5. The third-order valence-corrected chi connectivity index (χ3v) is 3.91. The molecule has 1 heterocycles. The molecule has 2 nitrogen and oxygen atoms in total. The number of nitrogens with zero attached hydrogens (tertiary/aromatic N) is 2. The summed E-state index contributed by atoms with van der Waals surface area (Å²) >= 11 is 0. The number of likely N-dealkylation sites (tertiary alicyclic amines) is 1. The molecule has 1 aromatic carbocycles. The van der Waals surface area contributed by atoms with E-state index in [0.717, 1.165) is 18.2 Å². The summed E-state index contributed by atoms with van der Waals surface area (Å²) in [5.74, 6) is 0. The molecule has 1 atom stereocenters. The van der Waals surface area contributed by atoms with Crippen LogP contribution in [-0.4, -0.2) is 17.5 Å². The van der Waals surface area contributed by atoms with Crippen molar-refractivity contribution in [2.24, 2.45) is 0 Å². The Labute approximate surface area is 110 Å². The van der Waals surface area contributed by atoms with Crippen LogP contribution in [-0.2, 0) is 13.0 Å². The lowest BCUT2D eigenvalue weighted by Crippen LogP contribution is -2.38. The van der Waals surface area contributed by atoms with Crippen molar-refractivity contribution in [3.8, 4) is 6.07 Å². The summed E-state index contributed by atoms with van der Waals surface area (Å²) in [6.07, 6.45) is 5.84. The maximum Gasteiger partial charge on any atom is 0.0669 e. The van der Waals surface area contributed by atoms with Crippen molar-refractivity contribution in [3.05, 3.63) is 35.4 Å². The van der Waals surface area contributed by atoms with Gasteiger partial charge in [0.2, 0.25) is 0 Å². The lowest BCUT2D eigenvalue weighted by molar-refractivity contribution is 0.136. The van der Waals surface area contributed by atoms with Gasteiger partial charge < -0.3 is 0 Å². The second-order valence-electron chi connectivity index (χ2n) is 5.18. The molecule has 1 fully saturated rings. The summed E-state index contributed by atoms with van der Waals surface area (Å²) < 4.78 is 0. The average Bonchev–Trinajstić information content (AvgIpc) is 2.42. The normalized spacial score (nSPS) is 20.6. The van der Waals surface area contributed by atoms with Crippen LogP contribution in [0.5, 0.6) is 0 Å². The predicted octanol–water partition coefficient (Wildman–Crippen LogP) is 3.52. The van der Waals surface area contributed by atoms with Gasteiger partial charge in [0.05, 0.1) is 12.5 Å². The van der Waals surface area contributed by atoms with Crippen LogP contribution in [0.4, 0.5) is 0 Å². The van der Waals surface area contributed by atoms with Crippen molar-refractivity contribution in [2.75, 3.05) is 6.54 Å². The van der Waals surface area contributed by atoms with E-state index in [1.54, 1.807) is 0 Å². The molecule has 1 saturated heterocycles. The molecule has 0 spiro atoms. The van der Waals surface area contributed by atoms with Gasteiger partial charge in [0.25, 0.3) is 0 Å². The first-order chi connectivity index (χ1) is 8.83. The molecule has 1 aromatic rings. The molecule has 0 aliphatic carbocycles. The Kier molecular flexibility index (Phi) is 4.78. The number of benzene rings is 1. The Balaban J connectivity index is 1.97. The van der Waals surface area contributed by atoms with E-state index in [9.17, 15) is 0 Å². The summed E-state index contributed by atoms with van der Waals surface area (Å²) in [4.78, 5) is 2.61.